The van der Waals surface area contributed by atoms with Gasteiger partial charge in [0.1, 0.15) is 17.4 Å². The summed E-state index contributed by atoms with van der Waals surface area (Å²) in [5.74, 6) is 0.937. The molecule has 0 radical (unpaired) electrons. The highest BCUT2D eigenvalue weighted by Gasteiger charge is 2.18. The summed E-state index contributed by atoms with van der Waals surface area (Å²) in [6.45, 7) is 4.11. The molecule has 0 saturated carbocycles. The van der Waals surface area contributed by atoms with Crippen LogP contribution in [0.25, 0.3) is 11.0 Å². The number of furan rings is 1. The zero-order chi connectivity index (χ0) is 13.4. The van der Waals surface area contributed by atoms with Crippen LogP contribution in [-0.2, 0) is 0 Å². The molecule has 2 heterocycles. The van der Waals surface area contributed by atoms with E-state index < -0.39 is 0 Å². The Labute approximate surface area is 116 Å². The van der Waals surface area contributed by atoms with Crippen LogP contribution in [0.15, 0.2) is 34.9 Å². The monoisotopic (exact) mass is 272 g/mol. The fourth-order valence-corrected chi connectivity index (χ4v) is 3.17. The van der Waals surface area contributed by atoms with E-state index >= 15 is 0 Å². The molecule has 1 N–H and O–H groups in total. The SMILES string of the molecule is CNC(c1cc2cc(C)ccc2o1)c1cnc(C)s1. The average Bonchev–Trinajstić information content (AvgIpc) is 2.96. The number of hydrogen-bond acceptors (Lipinski definition) is 4. The topological polar surface area (TPSA) is 38.1 Å². The van der Waals surface area contributed by atoms with Gasteiger partial charge in [-0.3, -0.25) is 0 Å². The number of aromatic nitrogens is 1. The van der Waals surface area contributed by atoms with Crippen LogP contribution in [0.1, 0.15) is 27.3 Å². The third-order valence-corrected chi connectivity index (χ3v) is 4.17. The zero-order valence-electron chi connectivity index (χ0n) is 11.2. The quantitative estimate of drug-likeness (QED) is 0.787. The maximum atomic E-state index is 5.96. The summed E-state index contributed by atoms with van der Waals surface area (Å²) in [7, 11) is 1.94. The third kappa shape index (κ3) is 2.29. The summed E-state index contributed by atoms with van der Waals surface area (Å²) in [5.41, 5.74) is 2.18. The van der Waals surface area contributed by atoms with Gasteiger partial charge >= 0.3 is 0 Å². The van der Waals surface area contributed by atoms with Gasteiger partial charge in [-0.25, -0.2) is 4.98 Å². The van der Waals surface area contributed by atoms with Crippen LogP contribution in [0.4, 0.5) is 0 Å². The zero-order valence-corrected chi connectivity index (χ0v) is 12.0. The molecule has 0 fully saturated rings. The lowest BCUT2D eigenvalue weighted by Gasteiger charge is -2.10. The second-order valence-corrected chi connectivity index (χ2v) is 5.96. The highest BCUT2D eigenvalue weighted by molar-refractivity contribution is 7.11. The molecule has 1 aromatic carbocycles. The van der Waals surface area contributed by atoms with E-state index in [1.807, 2.05) is 26.2 Å². The van der Waals surface area contributed by atoms with Crippen molar-refractivity contribution in [3.05, 3.63) is 51.7 Å². The molecule has 4 heteroatoms. The van der Waals surface area contributed by atoms with Gasteiger partial charge in [0.2, 0.25) is 0 Å². The van der Waals surface area contributed by atoms with E-state index in [1.54, 1.807) is 11.3 Å². The number of aryl methyl sites for hydroxylation is 2. The van der Waals surface area contributed by atoms with E-state index in [2.05, 4.69) is 35.4 Å². The molecule has 98 valence electrons. The molecule has 0 aliphatic rings. The summed E-state index contributed by atoms with van der Waals surface area (Å²) < 4.78 is 5.96. The van der Waals surface area contributed by atoms with Crippen molar-refractivity contribution < 1.29 is 4.42 Å². The molecule has 0 bridgehead atoms. The van der Waals surface area contributed by atoms with Crippen LogP contribution in [0.3, 0.4) is 0 Å². The molecule has 3 nitrogen and oxygen atoms in total. The first-order chi connectivity index (χ1) is 9.17. The van der Waals surface area contributed by atoms with Crippen molar-refractivity contribution in [3.8, 4) is 0 Å². The van der Waals surface area contributed by atoms with Crippen LogP contribution in [0.5, 0.6) is 0 Å². The fraction of sp³-hybridized carbons (Fsp3) is 0.267. The van der Waals surface area contributed by atoms with Gasteiger partial charge in [0.15, 0.2) is 0 Å². The molecule has 0 saturated heterocycles. The van der Waals surface area contributed by atoms with Crippen molar-refractivity contribution in [1.82, 2.24) is 10.3 Å². The van der Waals surface area contributed by atoms with Gasteiger partial charge in [0.25, 0.3) is 0 Å². The fourth-order valence-electron chi connectivity index (χ4n) is 2.26. The molecular weight excluding hydrogens is 256 g/mol. The van der Waals surface area contributed by atoms with Gasteiger partial charge in [-0.15, -0.1) is 11.3 Å². The second kappa shape index (κ2) is 4.79. The Morgan fingerprint density at radius 2 is 2.11 bits per heavy atom. The van der Waals surface area contributed by atoms with E-state index in [-0.39, 0.29) is 6.04 Å². The summed E-state index contributed by atoms with van der Waals surface area (Å²) in [6.07, 6.45) is 1.92. The lowest BCUT2D eigenvalue weighted by atomic mass is 10.1. The van der Waals surface area contributed by atoms with E-state index in [0.717, 1.165) is 21.7 Å². The summed E-state index contributed by atoms with van der Waals surface area (Å²) in [4.78, 5) is 5.49. The van der Waals surface area contributed by atoms with Gasteiger partial charge in [0, 0.05) is 16.5 Å². The Morgan fingerprint density at radius 1 is 1.26 bits per heavy atom. The van der Waals surface area contributed by atoms with Crippen LogP contribution in [0, 0.1) is 13.8 Å². The van der Waals surface area contributed by atoms with Gasteiger partial charge < -0.3 is 9.73 Å². The number of rotatable bonds is 3. The Bertz CT molecular complexity index is 714. The molecule has 3 rings (SSSR count). The van der Waals surface area contributed by atoms with Gasteiger partial charge in [0.05, 0.1) is 5.01 Å². The first-order valence-electron chi connectivity index (χ1n) is 6.27. The van der Waals surface area contributed by atoms with Crippen LogP contribution in [-0.4, -0.2) is 12.0 Å². The van der Waals surface area contributed by atoms with Gasteiger partial charge in [-0.05, 0) is 39.1 Å². The maximum Gasteiger partial charge on any atom is 0.134 e. The van der Waals surface area contributed by atoms with Crippen molar-refractivity contribution in [2.75, 3.05) is 7.05 Å². The minimum atomic E-state index is 0.0684. The summed E-state index contributed by atoms with van der Waals surface area (Å²) in [6, 6.07) is 8.42. The van der Waals surface area contributed by atoms with E-state index in [9.17, 15) is 0 Å². The first kappa shape index (κ1) is 12.4. The Kier molecular flexibility index (Phi) is 3.12. The predicted molar refractivity (Wildman–Crippen MR) is 78.7 cm³/mol. The number of hydrogen-bond donors (Lipinski definition) is 1. The van der Waals surface area contributed by atoms with Crippen LogP contribution in [0.2, 0.25) is 0 Å². The Balaban J connectivity index is 2.06. The number of nitrogens with zero attached hydrogens (tertiary/aromatic N) is 1. The molecule has 0 spiro atoms. The Hall–Kier alpha value is -1.65. The Morgan fingerprint density at radius 3 is 2.79 bits per heavy atom. The number of thiazole rings is 1. The minimum absolute atomic E-state index is 0.0684. The van der Waals surface area contributed by atoms with E-state index in [4.69, 9.17) is 4.42 Å². The highest BCUT2D eigenvalue weighted by atomic mass is 32.1. The molecule has 0 amide bonds. The lowest BCUT2D eigenvalue weighted by Crippen LogP contribution is -2.15. The largest absolute Gasteiger partial charge is 0.459 e. The number of benzene rings is 1. The summed E-state index contributed by atoms with van der Waals surface area (Å²) >= 11 is 1.69. The van der Waals surface area contributed by atoms with Crippen LogP contribution < -0.4 is 5.32 Å². The molecule has 0 aliphatic carbocycles. The molecule has 3 aromatic rings. The molecular formula is C15H16N2OS. The smallest absolute Gasteiger partial charge is 0.134 e. The van der Waals surface area contributed by atoms with Crippen molar-refractivity contribution in [2.45, 2.75) is 19.9 Å². The standard InChI is InChI=1S/C15H16N2OS/c1-9-4-5-12-11(6-9)7-13(18-12)15(16-3)14-8-17-10(2)19-14/h4-8,15-16H,1-3H3. The normalized spacial score (nSPS) is 13.0. The molecule has 0 aliphatic heterocycles. The lowest BCUT2D eigenvalue weighted by molar-refractivity contribution is 0.495. The second-order valence-electron chi connectivity index (χ2n) is 4.69. The first-order valence-corrected chi connectivity index (χ1v) is 7.08. The molecule has 1 unspecified atom stereocenters. The van der Waals surface area contributed by atoms with Crippen molar-refractivity contribution in [1.29, 1.82) is 0 Å². The molecule has 2 aromatic heterocycles. The van der Waals surface area contributed by atoms with Crippen molar-refractivity contribution in [3.63, 3.8) is 0 Å². The predicted octanol–water partition coefficient (Wildman–Crippen LogP) is 3.81. The van der Waals surface area contributed by atoms with Crippen LogP contribution >= 0.6 is 11.3 Å². The highest BCUT2D eigenvalue weighted by Crippen LogP contribution is 2.31. The molecule has 19 heavy (non-hydrogen) atoms. The maximum absolute atomic E-state index is 5.96. The number of fused-ring (bicyclic) bond motifs is 1. The minimum Gasteiger partial charge on any atom is -0.459 e. The van der Waals surface area contributed by atoms with E-state index in [0.29, 0.717) is 0 Å². The third-order valence-electron chi connectivity index (χ3n) is 3.19. The van der Waals surface area contributed by atoms with Crippen molar-refractivity contribution >= 4 is 22.3 Å². The van der Waals surface area contributed by atoms with Gasteiger partial charge in [-0.1, -0.05) is 11.6 Å². The van der Waals surface area contributed by atoms with Crippen molar-refractivity contribution in [2.24, 2.45) is 0 Å². The van der Waals surface area contributed by atoms with E-state index in [1.165, 1.54) is 10.4 Å². The molecule has 1 atom stereocenters. The summed E-state index contributed by atoms with van der Waals surface area (Å²) in [5, 5.41) is 5.52. The average molecular weight is 272 g/mol. The number of nitrogens with one attached hydrogen (secondary N) is 1. The van der Waals surface area contributed by atoms with Gasteiger partial charge in [-0.2, -0.15) is 0 Å².